The second-order valence-electron chi connectivity index (χ2n) is 5.67. The first-order chi connectivity index (χ1) is 12.9. The summed E-state index contributed by atoms with van der Waals surface area (Å²) in [5.41, 5.74) is 0.466. The summed E-state index contributed by atoms with van der Waals surface area (Å²) in [5, 5.41) is 12.8. The van der Waals surface area contributed by atoms with Crippen LogP contribution in [0, 0.1) is 0 Å². The molecule has 0 spiro atoms. The maximum absolute atomic E-state index is 12.5. The third-order valence-corrected chi connectivity index (χ3v) is 6.54. The highest BCUT2D eigenvalue weighted by molar-refractivity contribution is 7.91. The van der Waals surface area contributed by atoms with Crippen LogP contribution in [0.4, 0.5) is 0 Å². The second-order valence-corrected chi connectivity index (χ2v) is 8.56. The van der Waals surface area contributed by atoms with Crippen LogP contribution < -0.4 is 14.6 Å². The van der Waals surface area contributed by atoms with E-state index in [4.69, 9.17) is 4.74 Å². The van der Waals surface area contributed by atoms with Crippen molar-refractivity contribution in [3.63, 3.8) is 0 Å². The molecule has 27 heavy (non-hydrogen) atoms. The Morgan fingerprint density at radius 1 is 1.04 bits per heavy atom. The molecule has 1 heterocycles. The maximum atomic E-state index is 12.5. The van der Waals surface area contributed by atoms with E-state index >= 15 is 0 Å². The molecule has 0 radical (unpaired) electrons. The summed E-state index contributed by atoms with van der Waals surface area (Å²) >= 11 is 1.05. The molecule has 0 bridgehead atoms. The molecule has 3 aromatic rings. The van der Waals surface area contributed by atoms with Gasteiger partial charge in [0.1, 0.15) is 15.7 Å². The molecule has 0 saturated carbocycles. The van der Waals surface area contributed by atoms with Crippen LogP contribution in [0.1, 0.15) is 18.0 Å². The van der Waals surface area contributed by atoms with Crippen LogP contribution in [0.25, 0.3) is 0 Å². The number of carbonyl (C=O) groups excluding carboxylic acids is 1. The first-order valence-corrected chi connectivity index (χ1v) is 10.4. The predicted octanol–water partition coefficient (Wildman–Crippen LogP) is 2.70. The lowest BCUT2D eigenvalue weighted by molar-refractivity contribution is -0.306. The fourth-order valence-electron chi connectivity index (χ4n) is 2.48. The van der Waals surface area contributed by atoms with Crippen molar-refractivity contribution in [3.05, 3.63) is 77.7 Å². The molecular formula is C19H16NO5S2-. The van der Waals surface area contributed by atoms with E-state index < -0.39 is 28.5 Å². The number of rotatable bonds is 8. The van der Waals surface area contributed by atoms with Gasteiger partial charge in [-0.05, 0) is 41.3 Å². The van der Waals surface area contributed by atoms with Gasteiger partial charge in [0.15, 0.2) is 0 Å². The number of nitrogens with one attached hydrogen (secondary N) is 1. The summed E-state index contributed by atoms with van der Waals surface area (Å²) < 4.78 is 33.3. The zero-order chi connectivity index (χ0) is 19.3. The van der Waals surface area contributed by atoms with Gasteiger partial charge in [0.25, 0.3) is 10.0 Å². The summed E-state index contributed by atoms with van der Waals surface area (Å²) in [6.07, 6.45) is -0.501. The number of hydrogen-bond acceptors (Lipinski definition) is 6. The van der Waals surface area contributed by atoms with Crippen LogP contribution in [0.5, 0.6) is 11.5 Å². The van der Waals surface area contributed by atoms with Crippen molar-refractivity contribution < 1.29 is 23.1 Å². The monoisotopic (exact) mass is 402 g/mol. The zero-order valence-corrected chi connectivity index (χ0v) is 15.7. The number of carbonyl (C=O) groups is 1. The number of benzene rings is 2. The maximum Gasteiger partial charge on any atom is 0.250 e. The van der Waals surface area contributed by atoms with Gasteiger partial charge in [-0.25, -0.2) is 13.1 Å². The van der Waals surface area contributed by atoms with E-state index in [1.54, 1.807) is 47.8 Å². The molecule has 0 fully saturated rings. The molecule has 0 unspecified atom stereocenters. The molecule has 0 aliphatic heterocycles. The van der Waals surface area contributed by atoms with E-state index in [-0.39, 0.29) is 4.21 Å². The molecule has 6 nitrogen and oxygen atoms in total. The summed E-state index contributed by atoms with van der Waals surface area (Å²) in [5.74, 6) is -0.272. The van der Waals surface area contributed by atoms with Crippen molar-refractivity contribution in [2.45, 2.75) is 16.7 Å². The highest BCUT2D eigenvalue weighted by Gasteiger charge is 2.23. The van der Waals surface area contributed by atoms with E-state index in [0.717, 1.165) is 11.3 Å². The molecule has 140 valence electrons. The highest BCUT2D eigenvalue weighted by Crippen LogP contribution is 2.27. The number of para-hydroxylation sites is 1. The smallest absolute Gasteiger partial charge is 0.250 e. The van der Waals surface area contributed by atoms with Crippen LogP contribution >= 0.6 is 11.3 Å². The van der Waals surface area contributed by atoms with Crippen molar-refractivity contribution in [2.75, 3.05) is 0 Å². The molecule has 1 atom stereocenters. The SMILES string of the molecule is O=C([O-])C[C@@H](NS(=O)(=O)c1cccs1)c1cccc(Oc2ccccc2)c1. The van der Waals surface area contributed by atoms with E-state index in [0.29, 0.717) is 17.1 Å². The van der Waals surface area contributed by atoms with Crippen molar-refractivity contribution in [3.8, 4) is 11.5 Å². The van der Waals surface area contributed by atoms with E-state index in [1.165, 1.54) is 6.07 Å². The molecule has 0 saturated heterocycles. The molecule has 0 aliphatic carbocycles. The van der Waals surface area contributed by atoms with Gasteiger partial charge in [-0.1, -0.05) is 36.4 Å². The molecule has 1 aromatic heterocycles. The number of sulfonamides is 1. The van der Waals surface area contributed by atoms with Gasteiger partial charge in [-0.15, -0.1) is 11.3 Å². The van der Waals surface area contributed by atoms with E-state index in [1.807, 2.05) is 18.2 Å². The van der Waals surface area contributed by atoms with Crippen LogP contribution in [0.15, 0.2) is 76.3 Å². The topological polar surface area (TPSA) is 95.5 Å². The summed E-state index contributed by atoms with van der Waals surface area (Å²) in [6.45, 7) is 0. The Morgan fingerprint density at radius 2 is 1.78 bits per heavy atom. The zero-order valence-electron chi connectivity index (χ0n) is 14.1. The van der Waals surface area contributed by atoms with Crippen LogP contribution in [-0.2, 0) is 14.8 Å². The molecule has 8 heteroatoms. The van der Waals surface area contributed by atoms with Crippen LogP contribution in [-0.4, -0.2) is 14.4 Å². The van der Waals surface area contributed by atoms with Crippen molar-refractivity contribution in [1.82, 2.24) is 4.72 Å². The number of aliphatic carboxylic acids is 1. The second kappa shape index (κ2) is 8.34. The van der Waals surface area contributed by atoms with Gasteiger partial charge in [-0.3, -0.25) is 0 Å². The number of ether oxygens (including phenoxy) is 1. The first kappa shape index (κ1) is 19.1. The Morgan fingerprint density at radius 3 is 2.44 bits per heavy atom. The average molecular weight is 402 g/mol. The van der Waals surface area contributed by atoms with Gasteiger partial charge >= 0.3 is 0 Å². The summed E-state index contributed by atoms with van der Waals surface area (Å²) in [6, 6.07) is 17.8. The van der Waals surface area contributed by atoms with Crippen molar-refractivity contribution in [2.24, 2.45) is 0 Å². The molecule has 0 aliphatic rings. The van der Waals surface area contributed by atoms with Crippen LogP contribution in [0.3, 0.4) is 0 Å². The number of carboxylic acids is 1. The Bertz CT molecular complexity index is 1000. The van der Waals surface area contributed by atoms with Gasteiger partial charge < -0.3 is 14.6 Å². The summed E-state index contributed by atoms with van der Waals surface area (Å²) in [4.78, 5) is 11.2. The molecule has 2 aromatic carbocycles. The largest absolute Gasteiger partial charge is 0.550 e. The van der Waals surface area contributed by atoms with E-state index in [9.17, 15) is 18.3 Å². The minimum absolute atomic E-state index is 0.113. The lowest BCUT2D eigenvalue weighted by Crippen LogP contribution is -2.34. The normalized spacial score (nSPS) is 12.4. The minimum Gasteiger partial charge on any atom is -0.550 e. The lowest BCUT2D eigenvalue weighted by atomic mass is 10.0. The summed E-state index contributed by atoms with van der Waals surface area (Å²) in [7, 11) is -3.85. The van der Waals surface area contributed by atoms with Crippen molar-refractivity contribution >= 4 is 27.3 Å². The van der Waals surface area contributed by atoms with Gasteiger partial charge in [0, 0.05) is 12.4 Å². The Kier molecular flexibility index (Phi) is 5.90. The quantitative estimate of drug-likeness (QED) is 0.625. The highest BCUT2D eigenvalue weighted by atomic mass is 32.2. The first-order valence-electron chi connectivity index (χ1n) is 8.02. The number of hydrogen-bond donors (Lipinski definition) is 1. The molecular weight excluding hydrogens is 386 g/mol. The van der Waals surface area contributed by atoms with Crippen LogP contribution in [0.2, 0.25) is 0 Å². The van der Waals surface area contributed by atoms with Gasteiger partial charge in [-0.2, -0.15) is 0 Å². The number of thiophene rings is 1. The third-order valence-electron chi connectivity index (χ3n) is 3.67. The fourth-order valence-corrected chi connectivity index (χ4v) is 4.71. The number of carboxylic acid groups (broad SMARTS) is 1. The standard InChI is InChI=1S/C19H17NO5S2/c21-18(22)13-17(20-27(23,24)19-10-5-11-26-19)14-6-4-9-16(12-14)25-15-7-2-1-3-8-15/h1-12,17,20H,13H2,(H,21,22)/p-1/t17-/m1/s1. The lowest BCUT2D eigenvalue weighted by Gasteiger charge is -2.20. The van der Waals surface area contributed by atoms with Crippen molar-refractivity contribution in [1.29, 1.82) is 0 Å². The Hall–Kier alpha value is -2.68. The predicted molar refractivity (Wildman–Crippen MR) is 100.0 cm³/mol. The average Bonchev–Trinajstić information content (AvgIpc) is 3.17. The van der Waals surface area contributed by atoms with E-state index in [2.05, 4.69) is 4.72 Å². The minimum atomic E-state index is -3.85. The molecule has 3 rings (SSSR count). The molecule has 0 amide bonds. The Labute approximate surface area is 161 Å². The fraction of sp³-hybridized carbons (Fsp3) is 0.105. The Balaban J connectivity index is 1.87. The molecule has 1 N–H and O–H groups in total. The van der Waals surface area contributed by atoms with Gasteiger partial charge in [0.05, 0.1) is 6.04 Å². The van der Waals surface area contributed by atoms with Gasteiger partial charge in [0.2, 0.25) is 0 Å². The third kappa shape index (κ3) is 5.16.